The summed E-state index contributed by atoms with van der Waals surface area (Å²) < 4.78 is 13.3. The number of ether oxygens (including phenoxy) is 2. The normalized spacial score (nSPS) is 10.8. The fourth-order valence-electron chi connectivity index (χ4n) is 3.92. The molecule has 0 bridgehead atoms. The van der Waals surface area contributed by atoms with E-state index >= 15 is 0 Å². The van der Waals surface area contributed by atoms with E-state index in [-0.39, 0.29) is 6.61 Å². The number of carbonyl (C=O) groups is 1. The van der Waals surface area contributed by atoms with E-state index in [1.807, 2.05) is 66.1 Å². The number of halogens is 1. The molecule has 0 saturated heterocycles. The van der Waals surface area contributed by atoms with Gasteiger partial charge in [0.05, 0.1) is 0 Å². The molecule has 3 aromatic carbocycles. The lowest BCUT2D eigenvalue weighted by molar-refractivity contribution is -0.136. The van der Waals surface area contributed by atoms with Gasteiger partial charge in [0.15, 0.2) is 6.61 Å². The summed E-state index contributed by atoms with van der Waals surface area (Å²) in [5, 5.41) is 4.13. The Balaban J connectivity index is 1.44. The summed E-state index contributed by atoms with van der Waals surface area (Å²) in [6.07, 6.45) is 1.97. The SMILES string of the molecule is Cc1cccn2c(NCc3ccccc3)c(-c3ccccc3OC(=O)COc3ccc(Cl)cc3)nc12. The highest BCUT2D eigenvalue weighted by molar-refractivity contribution is 6.30. The number of fused-ring (bicyclic) bond motifs is 1. The van der Waals surface area contributed by atoms with Crippen molar-refractivity contribution >= 4 is 29.0 Å². The van der Waals surface area contributed by atoms with Gasteiger partial charge >= 0.3 is 5.97 Å². The van der Waals surface area contributed by atoms with Crippen LogP contribution in [0.5, 0.6) is 11.5 Å². The monoisotopic (exact) mass is 497 g/mol. The molecule has 0 aliphatic heterocycles. The maximum atomic E-state index is 12.6. The first-order chi connectivity index (χ1) is 17.6. The number of benzene rings is 3. The lowest BCUT2D eigenvalue weighted by Crippen LogP contribution is -2.18. The highest BCUT2D eigenvalue weighted by Gasteiger charge is 2.20. The molecule has 0 saturated carbocycles. The van der Waals surface area contributed by atoms with E-state index in [2.05, 4.69) is 17.4 Å². The van der Waals surface area contributed by atoms with E-state index in [1.54, 1.807) is 30.3 Å². The molecule has 0 amide bonds. The number of esters is 1. The van der Waals surface area contributed by atoms with Gasteiger partial charge in [-0.05, 0) is 60.5 Å². The molecule has 0 spiro atoms. The smallest absolute Gasteiger partial charge is 0.349 e. The Morgan fingerprint density at radius 1 is 0.944 bits per heavy atom. The Morgan fingerprint density at radius 3 is 2.50 bits per heavy atom. The number of aryl methyl sites for hydroxylation is 1. The summed E-state index contributed by atoms with van der Waals surface area (Å²) in [4.78, 5) is 17.6. The van der Waals surface area contributed by atoms with Gasteiger partial charge in [-0.3, -0.25) is 4.40 Å². The van der Waals surface area contributed by atoms with Crippen LogP contribution in [0.3, 0.4) is 0 Å². The van der Waals surface area contributed by atoms with Gasteiger partial charge < -0.3 is 14.8 Å². The van der Waals surface area contributed by atoms with Gasteiger partial charge in [-0.1, -0.05) is 60.1 Å². The van der Waals surface area contributed by atoms with Crippen molar-refractivity contribution in [3.8, 4) is 22.8 Å². The van der Waals surface area contributed by atoms with E-state index in [4.69, 9.17) is 26.1 Å². The van der Waals surface area contributed by atoms with Gasteiger partial charge in [-0.25, -0.2) is 9.78 Å². The van der Waals surface area contributed by atoms with Crippen LogP contribution in [0.4, 0.5) is 5.82 Å². The number of imidazole rings is 1. The first-order valence-electron chi connectivity index (χ1n) is 11.5. The average Bonchev–Trinajstić information content (AvgIpc) is 3.28. The van der Waals surface area contributed by atoms with Crippen molar-refractivity contribution in [2.24, 2.45) is 0 Å². The molecule has 7 heteroatoms. The van der Waals surface area contributed by atoms with Crippen LogP contribution in [0.15, 0.2) is 97.2 Å². The number of aromatic nitrogens is 2. The number of anilines is 1. The molecule has 5 aromatic rings. The zero-order valence-electron chi connectivity index (χ0n) is 19.6. The van der Waals surface area contributed by atoms with Gasteiger partial charge in [0.2, 0.25) is 0 Å². The summed E-state index contributed by atoms with van der Waals surface area (Å²) in [5.74, 6) is 1.24. The third kappa shape index (κ3) is 5.19. The Hall–Kier alpha value is -4.29. The third-order valence-corrected chi connectivity index (χ3v) is 5.94. The van der Waals surface area contributed by atoms with Crippen LogP contribution < -0.4 is 14.8 Å². The van der Waals surface area contributed by atoms with Crippen LogP contribution in [0.2, 0.25) is 5.02 Å². The van der Waals surface area contributed by atoms with Crippen molar-refractivity contribution in [2.75, 3.05) is 11.9 Å². The molecule has 0 fully saturated rings. The van der Waals surface area contributed by atoms with Gasteiger partial charge in [0.1, 0.15) is 28.7 Å². The van der Waals surface area contributed by atoms with Crippen molar-refractivity contribution < 1.29 is 14.3 Å². The van der Waals surface area contributed by atoms with Gasteiger partial charge in [0.25, 0.3) is 0 Å². The quantitative estimate of drug-likeness (QED) is 0.194. The molecule has 0 unspecified atom stereocenters. The lowest BCUT2D eigenvalue weighted by atomic mass is 10.1. The first kappa shape index (κ1) is 23.5. The standard InChI is InChI=1S/C29H24ClN3O3/c1-20-8-7-17-33-28(20)32-27(29(33)31-18-21-9-3-2-4-10-21)24-11-5-6-12-25(24)36-26(34)19-35-23-15-13-22(30)14-16-23/h2-17,31H,18-19H2,1H3. The molecule has 0 aliphatic carbocycles. The van der Waals surface area contributed by atoms with Crippen molar-refractivity contribution in [3.05, 3.63) is 113 Å². The van der Waals surface area contributed by atoms with E-state index in [1.165, 1.54) is 0 Å². The largest absolute Gasteiger partial charge is 0.482 e. The second kappa shape index (κ2) is 10.5. The van der Waals surface area contributed by atoms with Crippen LogP contribution in [0.25, 0.3) is 16.9 Å². The number of pyridine rings is 1. The summed E-state index contributed by atoms with van der Waals surface area (Å²) in [5.41, 5.74) is 4.41. The Bertz CT molecular complexity index is 1500. The number of hydrogen-bond acceptors (Lipinski definition) is 5. The Kier molecular flexibility index (Phi) is 6.87. The molecule has 2 aromatic heterocycles. The molecule has 0 radical (unpaired) electrons. The number of nitrogens with zero attached hydrogens (tertiary/aromatic N) is 2. The zero-order valence-corrected chi connectivity index (χ0v) is 20.4. The molecule has 180 valence electrons. The number of rotatable bonds is 8. The zero-order chi connectivity index (χ0) is 24.9. The minimum absolute atomic E-state index is 0.237. The third-order valence-electron chi connectivity index (χ3n) is 5.68. The van der Waals surface area contributed by atoms with Gasteiger partial charge in [-0.15, -0.1) is 0 Å². The second-order valence-corrected chi connectivity index (χ2v) is 8.68. The number of hydrogen-bond donors (Lipinski definition) is 1. The summed E-state index contributed by atoms with van der Waals surface area (Å²) >= 11 is 5.91. The summed E-state index contributed by atoms with van der Waals surface area (Å²) in [7, 11) is 0. The number of carbonyl (C=O) groups excluding carboxylic acids is 1. The fourth-order valence-corrected chi connectivity index (χ4v) is 4.04. The van der Waals surface area contributed by atoms with Crippen molar-refractivity contribution in [3.63, 3.8) is 0 Å². The Labute approximate surface area is 214 Å². The topological polar surface area (TPSA) is 64.9 Å². The van der Waals surface area contributed by atoms with E-state index in [0.717, 1.165) is 22.6 Å². The van der Waals surface area contributed by atoms with Crippen LogP contribution in [0, 0.1) is 6.92 Å². The predicted molar refractivity (Wildman–Crippen MR) is 142 cm³/mol. The highest BCUT2D eigenvalue weighted by atomic mass is 35.5. The maximum absolute atomic E-state index is 12.6. The number of para-hydroxylation sites is 1. The average molecular weight is 498 g/mol. The van der Waals surface area contributed by atoms with Crippen LogP contribution >= 0.6 is 11.6 Å². The lowest BCUT2D eigenvalue weighted by Gasteiger charge is -2.12. The van der Waals surface area contributed by atoms with E-state index in [9.17, 15) is 4.79 Å². The maximum Gasteiger partial charge on any atom is 0.349 e. The van der Waals surface area contributed by atoms with Crippen molar-refractivity contribution in [1.82, 2.24) is 9.38 Å². The molecule has 36 heavy (non-hydrogen) atoms. The van der Waals surface area contributed by atoms with E-state index in [0.29, 0.717) is 34.3 Å². The van der Waals surface area contributed by atoms with Crippen LogP contribution in [0.1, 0.15) is 11.1 Å². The Morgan fingerprint density at radius 2 is 1.69 bits per heavy atom. The van der Waals surface area contributed by atoms with Gasteiger partial charge in [0, 0.05) is 23.3 Å². The highest BCUT2D eigenvalue weighted by Crippen LogP contribution is 2.36. The molecule has 0 atom stereocenters. The van der Waals surface area contributed by atoms with Crippen molar-refractivity contribution in [2.45, 2.75) is 13.5 Å². The van der Waals surface area contributed by atoms with Gasteiger partial charge in [-0.2, -0.15) is 0 Å². The van der Waals surface area contributed by atoms with Crippen molar-refractivity contribution in [1.29, 1.82) is 0 Å². The number of nitrogens with one attached hydrogen (secondary N) is 1. The summed E-state index contributed by atoms with van der Waals surface area (Å²) in [6, 6.07) is 28.3. The second-order valence-electron chi connectivity index (χ2n) is 8.25. The molecule has 0 aliphatic rings. The first-order valence-corrected chi connectivity index (χ1v) is 11.9. The molecule has 1 N–H and O–H groups in total. The molecular formula is C29H24ClN3O3. The van der Waals surface area contributed by atoms with Crippen LogP contribution in [-0.2, 0) is 11.3 Å². The molecule has 6 nitrogen and oxygen atoms in total. The molecule has 5 rings (SSSR count). The molecular weight excluding hydrogens is 474 g/mol. The minimum Gasteiger partial charge on any atom is -0.482 e. The minimum atomic E-state index is -0.517. The van der Waals surface area contributed by atoms with E-state index < -0.39 is 5.97 Å². The predicted octanol–water partition coefficient (Wildman–Crippen LogP) is 6.56. The fraction of sp³-hybridized carbons (Fsp3) is 0.103. The van der Waals surface area contributed by atoms with Crippen LogP contribution in [-0.4, -0.2) is 22.0 Å². The molecule has 2 heterocycles. The summed E-state index contributed by atoms with van der Waals surface area (Å²) in [6.45, 7) is 2.40.